The van der Waals surface area contributed by atoms with Crippen LogP contribution in [-0.4, -0.2) is 24.0 Å². The van der Waals surface area contributed by atoms with E-state index in [2.05, 4.69) is 25.9 Å². The fourth-order valence-electron chi connectivity index (χ4n) is 2.51. The summed E-state index contributed by atoms with van der Waals surface area (Å²) in [5.74, 6) is 1.13. The molecule has 0 saturated heterocycles. The molecular formula is C14H25ClN2O2. The molecule has 1 atom stereocenters. The van der Waals surface area contributed by atoms with Crippen molar-refractivity contribution in [1.29, 1.82) is 0 Å². The quantitative estimate of drug-likeness (QED) is 0.717. The summed E-state index contributed by atoms with van der Waals surface area (Å²) in [5, 5.41) is 4.79. The number of methoxy groups -OCH3 is 2. The van der Waals surface area contributed by atoms with Crippen molar-refractivity contribution in [2.75, 3.05) is 14.2 Å². The van der Waals surface area contributed by atoms with Crippen molar-refractivity contribution in [3.8, 4) is 11.6 Å². The molecule has 1 aromatic heterocycles. The zero-order valence-electron chi connectivity index (χ0n) is 12.6. The van der Waals surface area contributed by atoms with Gasteiger partial charge in [0.25, 0.3) is 5.88 Å². The number of halogens is 1. The molecule has 0 spiro atoms. The number of hydrogen-bond acceptors (Lipinski definition) is 3. The molecule has 0 N–H and O–H groups in total. The Bertz CT molecular complexity index is 406. The Morgan fingerprint density at radius 3 is 2.32 bits per heavy atom. The van der Waals surface area contributed by atoms with Crippen LogP contribution in [0, 0.1) is 0 Å². The van der Waals surface area contributed by atoms with Crippen molar-refractivity contribution in [2.45, 2.75) is 58.4 Å². The van der Waals surface area contributed by atoms with E-state index in [0.29, 0.717) is 16.8 Å². The maximum absolute atomic E-state index is 6.13. The molecule has 0 aliphatic rings. The van der Waals surface area contributed by atoms with Crippen LogP contribution in [0.4, 0.5) is 0 Å². The lowest BCUT2D eigenvalue weighted by Gasteiger charge is -2.31. The number of aromatic nitrogens is 2. The summed E-state index contributed by atoms with van der Waals surface area (Å²) in [6.07, 6.45) is 5.48. The third-order valence-corrected chi connectivity index (χ3v) is 3.78. The summed E-state index contributed by atoms with van der Waals surface area (Å²) in [6, 6.07) is 0. The molecule has 0 aliphatic heterocycles. The summed E-state index contributed by atoms with van der Waals surface area (Å²) < 4.78 is 12.6. The maximum atomic E-state index is 6.13. The zero-order chi connectivity index (χ0) is 14.5. The second-order valence-electron chi connectivity index (χ2n) is 5.10. The van der Waals surface area contributed by atoms with Gasteiger partial charge in [-0.1, -0.05) is 44.7 Å². The average molecular weight is 289 g/mol. The molecule has 0 aromatic carbocycles. The first kappa shape index (κ1) is 16.2. The molecule has 0 amide bonds. The first-order chi connectivity index (χ1) is 9.03. The number of rotatable bonds is 8. The highest BCUT2D eigenvalue weighted by Crippen LogP contribution is 2.41. The minimum Gasteiger partial charge on any atom is -0.489 e. The van der Waals surface area contributed by atoms with Gasteiger partial charge < -0.3 is 9.47 Å². The van der Waals surface area contributed by atoms with Gasteiger partial charge in [0.15, 0.2) is 5.15 Å². The van der Waals surface area contributed by atoms with E-state index in [0.717, 1.165) is 32.1 Å². The van der Waals surface area contributed by atoms with E-state index in [1.165, 1.54) is 0 Å². The number of nitrogens with zero attached hydrogens (tertiary/aromatic N) is 2. The molecule has 4 nitrogen and oxygen atoms in total. The molecule has 0 saturated carbocycles. The van der Waals surface area contributed by atoms with Gasteiger partial charge in [-0.05, 0) is 19.8 Å². The molecule has 1 aromatic rings. The highest BCUT2D eigenvalue weighted by atomic mass is 35.5. The predicted molar refractivity (Wildman–Crippen MR) is 78.4 cm³/mol. The second kappa shape index (κ2) is 7.04. The van der Waals surface area contributed by atoms with Crippen LogP contribution in [-0.2, 0) is 5.54 Å². The molecule has 0 aliphatic carbocycles. The number of ether oxygens (including phenoxy) is 2. The van der Waals surface area contributed by atoms with Crippen LogP contribution in [0.3, 0.4) is 0 Å². The summed E-state index contributed by atoms with van der Waals surface area (Å²) >= 11 is 6.13. The molecule has 1 rings (SSSR count). The summed E-state index contributed by atoms with van der Waals surface area (Å²) in [6.45, 7) is 6.58. The van der Waals surface area contributed by atoms with E-state index in [4.69, 9.17) is 21.1 Å². The van der Waals surface area contributed by atoms with Crippen molar-refractivity contribution < 1.29 is 9.47 Å². The van der Waals surface area contributed by atoms with Gasteiger partial charge in [0.2, 0.25) is 5.75 Å². The van der Waals surface area contributed by atoms with E-state index < -0.39 is 0 Å². The van der Waals surface area contributed by atoms with Crippen molar-refractivity contribution >= 4 is 11.6 Å². The van der Waals surface area contributed by atoms with Crippen LogP contribution in [0.5, 0.6) is 11.6 Å². The molecule has 19 heavy (non-hydrogen) atoms. The molecule has 0 radical (unpaired) electrons. The molecule has 1 heterocycles. The van der Waals surface area contributed by atoms with E-state index in [1.807, 2.05) is 4.68 Å². The Morgan fingerprint density at radius 2 is 1.84 bits per heavy atom. The fourth-order valence-corrected chi connectivity index (χ4v) is 2.75. The first-order valence-corrected chi connectivity index (χ1v) is 7.28. The minimum atomic E-state index is -0.0868. The molecular weight excluding hydrogens is 264 g/mol. The zero-order valence-corrected chi connectivity index (χ0v) is 13.4. The average Bonchev–Trinajstić information content (AvgIpc) is 2.73. The minimum absolute atomic E-state index is 0.0868. The molecule has 0 bridgehead atoms. The van der Waals surface area contributed by atoms with Gasteiger partial charge >= 0.3 is 0 Å². The lowest BCUT2D eigenvalue weighted by atomic mass is 9.90. The van der Waals surface area contributed by atoms with E-state index in [9.17, 15) is 0 Å². The van der Waals surface area contributed by atoms with Crippen molar-refractivity contribution in [2.24, 2.45) is 0 Å². The van der Waals surface area contributed by atoms with E-state index in [1.54, 1.807) is 14.2 Å². The van der Waals surface area contributed by atoms with Crippen LogP contribution < -0.4 is 9.47 Å². The van der Waals surface area contributed by atoms with Gasteiger partial charge in [-0.3, -0.25) is 0 Å². The van der Waals surface area contributed by atoms with Gasteiger partial charge in [-0.2, -0.15) is 5.10 Å². The molecule has 110 valence electrons. The summed E-state index contributed by atoms with van der Waals surface area (Å²) in [7, 11) is 3.21. The van der Waals surface area contributed by atoms with Gasteiger partial charge in [0, 0.05) is 0 Å². The SMILES string of the molecule is CCCCC(C)(CCC)n1nc(Cl)c(OC)c1OC. The second-order valence-corrected chi connectivity index (χ2v) is 5.45. The van der Waals surface area contributed by atoms with Crippen molar-refractivity contribution in [3.63, 3.8) is 0 Å². The van der Waals surface area contributed by atoms with Crippen molar-refractivity contribution in [3.05, 3.63) is 5.15 Å². The predicted octanol–water partition coefficient (Wildman–Crippen LogP) is 4.26. The van der Waals surface area contributed by atoms with Gasteiger partial charge in [-0.25, -0.2) is 4.68 Å². The maximum Gasteiger partial charge on any atom is 0.257 e. The van der Waals surface area contributed by atoms with Gasteiger partial charge in [0.05, 0.1) is 19.8 Å². The van der Waals surface area contributed by atoms with E-state index >= 15 is 0 Å². The Morgan fingerprint density at radius 1 is 1.16 bits per heavy atom. The standard InChI is InChI=1S/C14H25ClN2O2/c1-6-8-10-14(3,9-7-2)17-13(19-5)11(18-4)12(15)16-17/h6-10H2,1-5H3. The monoisotopic (exact) mass is 288 g/mol. The summed E-state index contributed by atoms with van der Waals surface area (Å²) in [4.78, 5) is 0. The Kier molecular flexibility index (Phi) is 5.98. The largest absolute Gasteiger partial charge is 0.489 e. The third-order valence-electron chi connectivity index (χ3n) is 3.53. The van der Waals surface area contributed by atoms with Crippen LogP contribution in [0.1, 0.15) is 52.9 Å². The highest BCUT2D eigenvalue weighted by Gasteiger charge is 2.32. The smallest absolute Gasteiger partial charge is 0.257 e. The molecule has 5 heteroatoms. The van der Waals surface area contributed by atoms with Crippen molar-refractivity contribution in [1.82, 2.24) is 9.78 Å². The van der Waals surface area contributed by atoms with Gasteiger partial charge in [0.1, 0.15) is 0 Å². The third kappa shape index (κ3) is 3.35. The number of hydrogen-bond donors (Lipinski definition) is 0. The number of unbranched alkanes of at least 4 members (excludes halogenated alkanes) is 1. The van der Waals surface area contributed by atoms with Crippen LogP contribution in [0.25, 0.3) is 0 Å². The normalized spacial score (nSPS) is 14.2. The first-order valence-electron chi connectivity index (χ1n) is 6.91. The molecule has 1 unspecified atom stereocenters. The topological polar surface area (TPSA) is 36.3 Å². The highest BCUT2D eigenvalue weighted by molar-refractivity contribution is 6.31. The Labute approximate surface area is 121 Å². The summed E-state index contributed by atoms with van der Waals surface area (Å²) in [5.41, 5.74) is -0.0868. The lowest BCUT2D eigenvalue weighted by molar-refractivity contribution is 0.201. The molecule has 0 fully saturated rings. The van der Waals surface area contributed by atoms with Crippen LogP contribution >= 0.6 is 11.6 Å². The Hall–Kier alpha value is -0.900. The van der Waals surface area contributed by atoms with Crippen LogP contribution in [0.15, 0.2) is 0 Å². The fraction of sp³-hybridized carbons (Fsp3) is 0.786. The Balaban J connectivity index is 3.21. The lowest BCUT2D eigenvalue weighted by Crippen LogP contribution is -2.31. The van der Waals surface area contributed by atoms with Crippen LogP contribution in [0.2, 0.25) is 5.15 Å². The van der Waals surface area contributed by atoms with E-state index in [-0.39, 0.29) is 5.54 Å². The van der Waals surface area contributed by atoms with Gasteiger partial charge in [-0.15, -0.1) is 0 Å².